The fourth-order valence-corrected chi connectivity index (χ4v) is 2.65. The number of piperidine rings is 1. The zero-order valence-electron chi connectivity index (χ0n) is 8.12. The fourth-order valence-electron chi connectivity index (χ4n) is 1.73. The quantitative estimate of drug-likeness (QED) is 0.591. The lowest BCUT2D eigenvalue weighted by Gasteiger charge is -2.27. The third-order valence-corrected chi connectivity index (χ3v) is 3.74. The van der Waals surface area contributed by atoms with E-state index in [1.807, 2.05) is 11.8 Å². The lowest BCUT2D eigenvalue weighted by Crippen LogP contribution is -2.33. The maximum Gasteiger partial charge on any atom is 0.164 e. The van der Waals surface area contributed by atoms with Crippen LogP contribution in [0.1, 0.15) is 26.2 Å². The summed E-state index contributed by atoms with van der Waals surface area (Å²) in [5, 5.41) is 1.26. The number of hydrogen-bond acceptors (Lipinski definition) is 3. The van der Waals surface area contributed by atoms with E-state index in [4.69, 9.17) is 0 Å². The van der Waals surface area contributed by atoms with Gasteiger partial charge in [0.2, 0.25) is 0 Å². The van der Waals surface area contributed by atoms with Crippen molar-refractivity contribution in [3.8, 4) is 0 Å². The van der Waals surface area contributed by atoms with Gasteiger partial charge in [-0.25, -0.2) is 0 Å². The van der Waals surface area contributed by atoms with Gasteiger partial charge in [-0.2, -0.15) is 0 Å². The highest BCUT2D eigenvalue weighted by molar-refractivity contribution is 8.17. The van der Waals surface area contributed by atoms with Crippen molar-refractivity contribution in [1.29, 1.82) is 0 Å². The first kappa shape index (κ1) is 9.13. The van der Waals surface area contributed by atoms with Gasteiger partial charge in [-0.15, -0.1) is 0 Å². The van der Waals surface area contributed by atoms with E-state index in [9.17, 15) is 0 Å². The highest BCUT2D eigenvalue weighted by atomic mass is 32.2. The molecule has 0 saturated carbocycles. The molecule has 2 rings (SSSR count). The maximum atomic E-state index is 4.55. The Hall–Kier alpha value is -0.440. The third-order valence-electron chi connectivity index (χ3n) is 2.54. The highest BCUT2D eigenvalue weighted by Crippen LogP contribution is 2.28. The molecule has 0 aromatic heterocycles. The first-order valence-corrected chi connectivity index (χ1v) is 5.84. The molecule has 2 heterocycles. The summed E-state index contributed by atoms with van der Waals surface area (Å²) in [6.07, 6.45) is 6.24. The zero-order valence-corrected chi connectivity index (χ0v) is 8.94. The first-order chi connectivity index (χ1) is 6.40. The van der Waals surface area contributed by atoms with Crippen LogP contribution in [0, 0.1) is 0 Å². The molecule has 0 spiro atoms. The van der Waals surface area contributed by atoms with E-state index in [1.165, 1.54) is 42.4 Å². The van der Waals surface area contributed by atoms with Gasteiger partial charge in [0.15, 0.2) is 5.17 Å². The Balaban J connectivity index is 1.94. The van der Waals surface area contributed by atoms with Crippen molar-refractivity contribution in [2.45, 2.75) is 26.2 Å². The summed E-state index contributed by atoms with van der Waals surface area (Å²) in [5.74, 6) is 0. The molecule has 0 aromatic rings. The monoisotopic (exact) mass is 196 g/mol. The predicted molar refractivity (Wildman–Crippen MR) is 59.1 cm³/mol. The summed E-state index contributed by atoms with van der Waals surface area (Å²) in [5.41, 5.74) is 0. The number of aliphatic imine (C=N–C) groups is 1. The first-order valence-electron chi connectivity index (χ1n) is 5.02. The Kier molecular flexibility index (Phi) is 2.94. The largest absolute Gasteiger partial charge is 0.351 e. The molecular weight excluding hydrogens is 180 g/mol. The van der Waals surface area contributed by atoms with Crippen molar-refractivity contribution < 1.29 is 0 Å². The van der Waals surface area contributed by atoms with Crippen LogP contribution in [0.3, 0.4) is 0 Å². The van der Waals surface area contributed by atoms with Crippen molar-refractivity contribution in [1.82, 2.24) is 4.90 Å². The number of likely N-dealkylation sites (tertiary alicyclic amines) is 1. The van der Waals surface area contributed by atoms with Gasteiger partial charge < -0.3 is 4.90 Å². The molecule has 72 valence electrons. The molecule has 0 aromatic carbocycles. The van der Waals surface area contributed by atoms with Gasteiger partial charge in [0, 0.05) is 18.0 Å². The van der Waals surface area contributed by atoms with Crippen LogP contribution in [0.4, 0.5) is 0 Å². The molecule has 0 amide bonds. The minimum atomic E-state index is 0.910. The molecule has 0 radical (unpaired) electrons. The second kappa shape index (κ2) is 4.18. The minimum absolute atomic E-state index is 0.910. The standard InChI is InChI=1S/C10H16N2S/c1-2-9-8-11-10(13-9)12-6-4-3-5-7-12/h2H,3-8H2,1H3. The van der Waals surface area contributed by atoms with Crippen LogP contribution < -0.4 is 0 Å². The summed E-state index contributed by atoms with van der Waals surface area (Å²) in [7, 11) is 0. The number of rotatable bonds is 0. The molecular formula is C10H16N2S. The van der Waals surface area contributed by atoms with E-state index >= 15 is 0 Å². The van der Waals surface area contributed by atoms with Crippen molar-refractivity contribution in [2.75, 3.05) is 19.6 Å². The summed E-state index contributed by atoms with van der Waals surface area (Å²) >= 11 is 1.85. The molecule has 13 heavy (non-hydrogen) atoms. The maximum absolute atomic E-state index is 4.55. The van der Waals surface area contributed by atoms with E-state index in [0.29, 0.717) is 0 Å². The molecule has 2 aliphatic heterocycles. The molecule has 0 N–H and O–H groups in total. The van der Waals surface area contributed by atoms with Gasteiger partial charge in [0.05, 0.1) is 6.54 Å². The summed E-state index contributed by atoms with van der Waals surface area (Å²) < 4.78 is 0. The van der Waals surface area contributed by atoms with Gasteiger partial charge in [-0.05, 0) is 26.2 Å². The van der Waals surface area contributed by atoms with Gasteiger partial charge in [-0.3, -0.25) is 4.99 Å². The normalized spacial score (nSPS) is 26.7. The minimum Gasteiger partial charge on any atom is -0.351 e. The van der Waals surface area contributed by atoms with Crippen molar-refractivity contribution in [3.63, 3.8) is 0 Å². The van der Waals surface area contributed by atoms with E-state index in [-0.39, 0.29) is 0 Å². The summed E-state index contributed by atoms with van der Waals surface area (Å²) in [6.45, 7) is 5.43. The van der Waals surface area contributed by atoms with Crippen molar-refractivity contribution in [2.24, 2.45) is 4.99 Å². The molecule has 0 aliphatic carbocycles. The Bertz CT molecular complexity index is 239. The van der Waals surface area contributed by atoms with Crippen LogP contribution in [0.25, 0.3) is 0 Å². The van der Waals surface area contributed by atoms with Crippen molar-refractivity contribution in [3.05, 3.63) is 11.0 Å². The molecule has 1 fully saturated rings. The summed E-state index contributed by atoms with van der Waals surface area (Å²) in [6, 6.07) is 0. The highest BCUT2D eigenvalue weighted by Gasteiger charge is 2.20. The molecule has 0 bridgehead atoms. The zero-order chi connectivity index (χ0) is 9.10. The second-order valence-corrected chi connectivity index (χ2v) is 4.60. The van der Waals surface area contributed by atoms with Gasteiger partial charge >= 0.3 is 0 Å². The average molecular weight is 196 g/mol. The number of nitrogens with zero attached hydrogens (tertiary/aromatic N) is 2. The van der Waals surface area contributed by atoms with Gasteiger partial charge in [-0.1, -0.05) is 17.8 Å². The Morgan fingerprint density at radius 1 is 1.31 bits per heavy atom. The molecule has 0 atom stereocenters. The fraction of sp³-hybridized carbons (Fsp3) is 0.700. The van der Waals surface area contributed by atoms with Crippen LogP contribution in [0.2, 0.25) is 0 Å². The molecule has 3 heteroatoms. The summed E-state index contributed by atoms with van der Waals surface area (Å²) in [4.78, 5) is 8.39. The molecule has 0 unspecified atom stereocenters. The second-order valence-electron chi connectivity index (χ2n) is 3.50. The average Bonchev–Trinajstić information content (AvgIpc) is 2.67. The van der Waals surface area contributed by atoms with E-state index < -0.39 is 0 Å². The van der Waals surface area contributed by atoms with Crippen LogP contribution >= 0.6 is 11.8 Å². The van der Waals surface area contributed by atoms with Crippen LogP contribution in [0.5, 0.6) is 0 Å². The van der Waals surface area contributed by atoms with E-state index in [0.717, 1.165) is 6.54 Å². The third kappa shape index (κ3) is 2.08. The smallest absolute Gasteiger partial charge is 0.164 e. The SMILES string of the molecule is CC=C1CN=C(N2CCCCC2)S1. The molecule has 1 saturated heterocycles. The number of allylic oxidation sites excluding steroid dienone is 1. The number of amidine groups is 1. The van der Waals surface area contributed by atoms with Crippen LogP contribution in [-0.4, -0.2) is 29.7 Å². The topological polar surface area (TPSA) is 15.6 Å². The predicted octanol–water partition coefficient (Wildman–Crippen LogP) is 2.48. The molecule has 2 aliphatic rings. The van der Waals surface area contributed by atoms with E-state index in [2.05, 4.69) is 22.9 Å². The molecule has 2 nitrogen and oxygen atoms in total. The number of hydrogen-bond donors (Lipinski definition) is 0. The number of thioether (sulfide) groups is 1. The van der Waals surface area contributed by atoms with Gasteiger partial charge in [0.1, 0.15) is 0 Å². The Morgan fingerprint density at radius 3 is 2.69 bits per heavy atom. The van der Waals surface area contributed by atoms with Crippen LogP contribution in [0.15, 0.2) is 16.0 Å². The van der Waals surface area contributed by atoms with Crippen molar-refractivity contribution >= 4 is 16.9 Å². The van der Waals surface area contributed by atoms with Gasteiger partial charge in [0.25, 0.3) is 0 Å². The lowest BCUT2D eigenvalue weighted by molar-refractivity contribution is 0.348. The Morgan fingerprint density at radius 2 is 2.08 bits per heavy atom. The van der Waals surface area contributed by atoms with Crippen LogP contribution in [-0.2, 0) is 0 Å². The lowest BCUT2D eigenvalue weighted by atomic mass is 10.1. The Labute approximate surface area is 84.1 Å². The van der Waals surface area contributed by atoms with E-state index in [1.54, 1.807) is 0 Å².